The standard InChI is InChI=1S/C8H9ClN4O2/c1-3-4-11-13-6(9)5(7(14)15)10-8(13)12(4)2/h3H2,1-2H3,(H,14,15). The van der Waals surface area contributed by atoms with Gasteiger partial charge in [-0.15, -0.1) is 0 Å². The second kappa shape index (κ2) is 3.23. The van der Waals surface area contributed by atoms with Crippen LogP contribution in [-0.4, -0.2) is 30.2 Å². The molecule has 0 fully saturated rings. The Bertz CT molecular complexity index is 542. The number of carboxylic acids is 1. The molecule has 2 aromatic rings. The predicted octanol–water partition coefficient (Wildman–Crippen LogP) is 0.982. The van der Waals surface area contributed by atoms with Gasteiger partial charge in [0.1, 0.15) is 5.82 Å². The molecular weight excluding hydrogens is 220 g/mol. The number of carboxylic acid groups (broad SMARTS) is 1. The van der Waals surface area contributed by atoms with Gasteiger partial charge in [-0.05, 0) is 0 Å². The predicted molar refractivity (Wildman–Crippen MR) is 53.3 cm³/mol. The van der Waals surface area contributed by atoms with Gasteiger partial charge in [0.2, 0.25) is 5.78 Å². The van der Waals surface area contributed by atoms with E-state index in [1.807, 2.05) is 6.92 Å². The third kappa shape index (κ3) is 1.29. The summed E-state index contributed by atoms with van der Waals surface area (Å²) in [7, 11) is 1.77. The average Bonchev–Trinajstić information content (AvgIpc) is 2.66. The summed E-state index contributed by atoms with van der Waals surface area (Å²) in [6.07, 6.45) is 0.735. The molecular formula is C8H9ClN4O2. The molecule has 0 saturated carbocycles. The summed E-state index contributed by atoms with van der Waals surface area (Å²) < 4.78 is 3.06. The SMILES string of the molecule is CCc1nn2c(Cl)c(C(=O)O)nc2n1C. The summed E-state index contributed by atoms with van der Waals surface area (Å²) in [6.45, 7) is 1.95. The van der Waals surface area contributed by atoms with E-state index in [4.69, 9.17) is 16.7 Å². The number of hydrogen-bond donors (Lipinski definition) is 1. The summed E-state index contributed by atoms with van der Waals surface area (Å²) in [4.78, 5) is 14.7. The lowest BCUT2D eigenvalue weighted by Crippen LogP contribution is -2.01. The molecule has 0 amide bonds. The van der Waals surface area contributed by atoms with Gasteiger partial charge in [-0.25, -0.2) is 9.78 Å². The Labute approximate surface area is 90.1 Å². The van der Waals surface area contributed by atoms with Crippen LogP contribution in [0.4, 0.5) is 0 Å². The van der Waals surface area contributed by atoms with Crippen molar-refractivity contribution in [3.63, 3.8) is 0 Å². The molecule has 0 aliphatic rings. The highest BCUT2D eigenvalue weighted by Crippen LogP contribution is 2.18. The molecule has 15 heavy (non-hydrogen) atoms. The molecule has 0 bridgehead atoms. The highest BCUT2D eigenvalue weighted by Gasteiger charge is 2.20. The number of nitrogens with zero attached hydrogens (tertiary/aromatic N) is 4. The molecule has 0 aliphatic carbocycles. The maximum Gasteiger partial charge on any atom is 0.357 e. The Hall–Kier alpha value is -1.56. The summed E-state index contributed by atoms with van der Waals surface area (Å²) >= 11 is 5.84. The molecule has 0 aliphatic heterocycles. The second-order valence-corrected chi connectivity index (χ2v) is 3.45. The molecule has 0 radical (unpaired) electrons. The first-order chi connectivity index (χ1) is 7.06. The van der Waals surface area contributed by atoms with Crippen molar-refractivity contribution in [2.75, 3.05) is 0 Å². The van der Waals surface area contributed by atoms with Gasteiger partial charge >= 0.3 is 5.97 Å². The first-order valence-electron chi connectivity index (χ1n) is 4.39. The Balaban J connectivity index is 2.76. The van der Waals surface area contributed by atoms with Crippen LogP contribution in [0.2, 0.25) is 5.15 Å². The van der Waals surface area contributed by atoms with E-state index in [1.165, 1.54) is 4.52 Å². The minimum Gasteiger partial charge on any atom is -0.476 e. The van der Waals surface area contributed by atoms with E-state index < -0.39 is 5.97 Å². The van der Waals surface area contributed by atoms with Gasteiger partial charge in [-0.1, -0.05) is 18.5 Å². The molecule has 2 aromatic heterocycles. The fraction of sp³-hybridized carbons (Fsp3) is 0.375. The van der Waals surface area contributed by atoms with Crippen molar-refractivity contribution in [2.45, 2.75) is 13.3 Å². The molecule has 0 spiro atoms. The molecule has 80 valence electrons. The topological polar surface area (TPSA) is 72.4 Å². The summed E-state index contributed by atoms with van der Waals surface area (Å²) in [5, 5.41) is 13.0. The summed E-state index contributed by atoms with van der Waals surface area (Å²) in [6, 6.07) is 0. The lowest BCUT2D eigenvalue weighted by Gasteiger charge is -1.93. The van der Waals surface area contributed by atoms with E-state index in [9.17, 15) is 4.79 Å². The molecule has 0 unspecified atom stereocenters. The maximum absolute atomic E-state index is 10.8. The van der Waals surface area contributed by atoms with E-state index >= 15 is 0 Å². The van der Waals surface area contributed by atoms with Crippen LogP contribution in [0.5, 0.6) is 0 Å². The molecule has 1 N–H and O–H groups in total. The maximum atomic E-state index is 10.8. The molecule has 0 aromatic carbocycles. The lowest BCUT2D eigenvalue weighted by atomic mass is 10.4. The van der Waals surface area contributed by atoms with Crippen LogP contribution in [0.25, 0.3) is 5.78 Å². The molecule has 2 heterocycles. The number of imidazole rings is 1. The third-order valence-corrected chi connectivity index (χ3v) is 2.54. The largest absolute Gasteiger partial charge is 0.476 e. The van der Waals surface area contributed by atoms with Crippen molar-refractivity contribution in [2.24, 2.45) is 7.05 Å². The third-order valence-electron chi connectivity index (χ3n) is 2.20. The first kappa shape index (κ1) is 9.97. The highest BCUT2D eigenvalue weighted by atomic mass is 35.5. The van der Waals surface area contributed by atoms with Crippen LogP contribution in [0.3, 0.4) is 0 Å². The van der Waals surface area contributed by atoms with Gasteiger partial charge in [0.25, 0.3) is 0 Å². The zero-order chi connectivity index (χ0) is 11.2. The fourth-order valence-corrected chi connectivity index (χ4v) is 1.67. The number of halogens is 1. The number of aromatic nitrogens is 4. The number of aryl methyl sites for hydroxylation is 2. The number of hydrogen-bond acceptors (Lipinski definition) is 3. The van der Waals surface area contributed by atoms with Crippen molar-refractivity contribution in [1.29, 1.82) is 0 Å². The van der Waals surface area contributed by atoms with Gasteiger partial charge in [0, 0.05) is 13.5 Å². The Morgan fingerprint density at radius 3 is 2.73 bits per heavy atom. The quantitative estimate of drug-likeness (QED) is 0.832. The van der Waals surface area contributed by atoms with E-state index in [0.29, 0.717) is 5.78 Å². The van der Waals surface area contributed by atoms with Gasteiger partial charge < -0.3 is 5.11 Å². The smallest absolute Gasteiger partial charge is 0.357 e. The van der Waals surface area contributed by atoms with Crippen molar-refractivity contribution < 1.29 is 9.90 Å². The van der Waals surface area contributed by atoms with Gasteiger partial charge in [-0.3, -0.25) is 4.57 Å². The average molecular weight is 229 g/mol. The Kier molecular flexibility index (Phi) is 2.15. The molecule has 7 heteroatoms. The minimum absolute atomic E-state index is 0.0350. The number of rotatable bonds is 2. The van der Waals surface area contributed by atoms with E-state index in [2.05, 4.69) is 10.1 Å². The highest BCUT2D eigenvalue weighted by molar-refractivity contribution is 6.32. The summed E-state index contributed by atoms with van der Waals surface area (Å²) in [5.41, 5.74) is -0.169. The first-order valence-corrected chi connectivity index (χ1v) is 4.77. The molecule has 0 saturated heterocycles. The van der Waals surface area contributed by atoms with Crippen molar-refractivity contribution in [3.8, 4) is 0 Å². The summed E-state index contributed by atoms with van der Waals surface area (Å²) in [5.74, 6) is 0.0918. The molecule has 6 nitrogen and oxygen atoms in total. The monoisotopic (exact) mass is 228 g/mol. The van der Waals surface area contributed by atoms with Gasteiger partial charge in [0.05, 0.1) is 0 Å². The van der Waals surface area contributed by atoms with Crippen LogP contribution in [0.15, 0.2) is 0 Å². The Morgan fingerprint density at radius 2 is 2.27 bits per heavy atom. The normalized spacial score (nSPS) is 11.1. The second-order valence-electron chi connectivity index (χ2n) is 3.10. The van der Waals surface area contributed by atoms with E-state index in [0.717, 1.165) is 12.2 Å². The fourth-order valence-electron chi connectivity index (χ4n) is 1.43. The molecule has 2 rings (SSSR count). The Morgan fingerprint density at radius 1 is 1.60 bits per heavy atom. The lowest BCUT2D eigenvalue weighted by molar-refractivity contribution is 0.0691. The number of aromatic carboxylic acids is 1. The minimum atomic E-state index is -1.15. The van der Waals surface area contributed by atoms with Crippen molar-refractivity contribution >= 4 is 23.3 Å². The van der Waals surface area contributed by atoms with Gasteiger partial charge in [0.15, 0.2) is 10.8 Å². The van der Waals surface area contributed by atoms with Crippen molar-refractivity contribution in [3.05, 3.63) is 16.7 Å². The van der Waals surface area contributed by atoms with Crippen molar-refractivity contribution in [1.82, 2.24) is 19.2 Å². The number of fused-ring (bicyclic) bond motifs is 1. The van der Waals surface area contributed by atoms with Crippen LogP contribution in [-0.2, 0) is 13.5 Å². The zero-order valence-electron chi connectivity index (χ0n) is 8.23. The zero-order valence-corrected chi connectivity index (χ0v) is 8.99. The van der Waals surface area contributed by atoms with Crippen LogP contribution >= 0.6 is 11.6 Å². The van der Waals surface area contributed by atoms with E-state index in [1.54, 1.807) is 11.6 Å². The van der Waals surface area contributed by atoms with E-state index in [-0.39, 0.29) is 10.8 Å². The molecule has 0 atom stereocenters. The van der Waals surface area contributed by atoms with Crippen LogP contribution < -0.4 is 0 Å². The van der Waals surface area contributed by atoms with Crippen LogP contribution in [0, 0.1) is 0 Å². The number of carbonyl (C=O) groups is 1. The van der Waals surface area contributed by atoms with Gasteiger partial charge in [-0.2, -0.15) is 9.61 Å². The van der Waals surface area contributed by atoms with Crippen LogP contribution in [0.1, 0.15) is 23.2 Å².